The Balaban J connectivity index is 1.56. The summed E-state index contributed by atoms with van der Waals surface area (Å²) >= 11 is 0. The van der Waals surface area contributed by atoms with E-state index in [2.05, 4.69) is 34.2 Å². The highest BCUT2D eigenvalue weighted by atomic mass is 19.1. The van der Waals surface area contributed by atoms with Crippen molar-refractivity contribution in [2.75, 3.05) is 20.1 Å². The highest BCUT2D eigenvalue weighted by molar-refractivity contribution is 6.01. The Morgan fingerprint density at radius 3 is 2.58 bits per heavy atom. The number of likely N-dealkylation sites (tertiary alicyclic amines) is 1. The molecule has 2 atom stereocenters. The van der Waals surface area contributed by atoms with E-state index in [0.717, 1.165) is 44.5 Å². The number of nitrogens with zero attached hydrogens (tertiary/aromatic N) is 3. The molecule has 0 radical (unpaired) electrons. The van der Waals surface area contributed by atoms with Crippen molar-refractivity contribution >= 4 is 11.9 Å². The van der Waals surface area contributed by atoms with E-state index in [1.807, 2.05) is 39.0 Å². The van der Waals surface area contributed by atoms with Crippen LogP contribution in [0.5, 0.6) is 0 Å². The highest BCUT2D eigenvalue weighted by Crippen LogP contribution is 2.47. The van der Waals surface area contributed by atoms with Crippen LogP contribution in [-0.4, -0.2) is 41.8 Å². The molecule has 4 rings (SSSR count). The zero-order valence-corrected chi connectivity index (χ0v) is 20.1. The minimum absolute atomic E-state index is 0.121. The molecule has 0 spiro atoms. The van der Waals surface area contributed by atoms with Gasteiger partial charge in [0.15, 0.2) is 5.96 Å². The van der Waals surface area contributed by atoms with Crippen LogP contribution in [0.15, 0.2) is 53.5 Å². The molecular weight excluding hydrogens is 415 g/mol. The fourth-order valence-corrected chi connectivity index (χ4v) is 5.28. The first kappa shape index (κ1) is 23.4. The molecule has 5 nitrogen and oxygen atoms in total. The van der Waals surface area contributed by atoms with Gasteiger partial charge in [-0.15, -0.1) is 0 Å². The van der Waals surface area contributed by atoms with E-state index in [-0.39, 0.29) is 17.7 Å². The molecule has 33 heavy (non-hydrogen) atoms. The first-order valence-corrected chi connectivity index (χ1v) is 11.8. The number of guanidine groups is 1. The smallest absolute Gasteiger partial charge is 0.237 e. The van der Waals surface area contributed by atoms with E-state index in [1.165, 1.54) is 16.5 Å². The van der Waals surface area contributed by atoms with Crippen molar-refractivity contribution in [3.63, 3.8) is 0 Å². The Labute approximate surface area is 196 Å². The molecule has 2 aliphatic rings. The summed E-state index contributed by atoms with van der Waals surface area (Å²) < 4.78 is 15.1. The molecule has 2 aromatic rings. The summed E-state index contributed by atoms with van der Waals surface area (Å²) in [5.74, 6) is 0.119. The number of rotatable bonds is 5. The maximum absolute atomic E-state index is 15.1. The summed E-state index contributed by atoms with van der Waals surface area (Å²) in [4.78, 5) is 21.5. The molecule has 1 fully saturated rings. The molecule has 1 saturated heterocycles. The third-order valence-corrected chi connectivity index (χ3v) is 7.67. The van der Waals surface area contributed by atoms with Crippen molar-refractivity contribution in [1.29, 1.82) is 0 Å². The summed E-state index contributed by atoms with van der Waals surface area (Å²) in [6.07, 6.45) is 3.20. The second-order valence-electron chi connectivity index (χ2n) is 10.3. The molecule has 1 amide bonds. The van der Waals surface area contributed by atoms with Gasteiger partial charge in [0, 0.05) is 25.7 Å². The lowest BCUT2D eigenvalue weighted by molar-refractivity contribution is -0.140. The van der Waals surface area contributed by atoms with Gasteiger partial charge in [0.2, 0.25) is 5.91 Å². The fraction of sp³-hybridized carbons (Fsp3) is 0.481. The third-order valence-electron chi connectivity index (χ3n) is 7.67. The highest BCUT2D eigenvalue weighted by Gasteiger charge is 2.53. The van der Waals surface area contributed by atoms with Crippen LogP contribution in [0.3, 0.4) is 0 Å². The van der Waals surface area contributed by atoms with Gasteiger partial charge in [-0.1, -0.05) is 42.5 Å². The fourth-order valence-electron chi connectivity index (χ4n) is 5.28. The van der Waals surface area contributed by atoms with Gasteiger partial charge >= 0.3 is 0 Å². The summed E-state index contributed by atoms with van der Waals surface area (Å²) in [6.45, 7) is 8.54. The van der Waals surface area contributed by atoms with Gasteiger partial charge in [0.05, 0.1) is 5.41 Å². The van der Waals surface area contributed by atoms with Crippen molar-refractivity contribution in [2.45, 2.75) is 52.1 Å². The molecular formula is C27H35FN4O. The van der Waals surface area contributed by atoms with Gasteiger partial charge in [-0.05, 0) is 69.7 Å². The van der Waals surface area contributed by atoms with E-state index >= 15 is 4.39 Å². The predicted molar refractivity (Wildman–Crippen MR) is 130 cm³/mol. The predicted octanol–water partition coefficient (Wildman–Crippen LogP) is 4.31. The Morgan fingerprint density at radius 2 is 1.85 bits per heavy atom. The van der Waals surface area contributed by atoms with Crippen molar-refractivity contribution in [2.24, 2.45) is 22.1 Å². The Morgan fingerprint density at radius 1 is 1.12 bits per heavy atom. The average molecular weight is 451 g/mol. The molecule has 2 N–H and O–H groups in total. The normalized spacial score (nSPS) is 25.7. The van der Waals surface area contributed by atoms with Gasteiger partial charge in [-0.3, -0.25) is 14.6 Å². The van der Waals surface area contributed by atoms with Crippen LogP contribution < -0.4 is 5.73 Å². The maximum Gasteiger partial charge on any atom is 0.237 e. The standard InChI is InChI=1S/C27H35FN4O/c1-26(2)24(33)31(4)25(29)30-27(26,3)22-16-20(12-13-23(22)28)15-21-11-8-14-32(18-21)17-19-9-6-5-7-10-19/h5-7,9-10,12-13,16,21H,8,11,14-15,17-18H2,1-4H3,(H2,29,30)/t21?,27-/m1/s1. The van der Waals surface area contributed by atoms with E-state index in [9.17, 15) is 4.79 Å². The van der Waals surface area contributed by atoms with Crippen molar-refractivity contribution in [3.05, 3.63) is 71.0 Å². The van der Waals surface area contributed by atoms with Crippen LogP contribution in [0.4, 0.5) is 4.39 Å². The van der Waals surface area contributed by atoms with Gasteiger partial charge in [-0.25, -0.2) is 9.38 Å². The molecule has 0 aliphatic carbocycles. The summed E-state index contributed by atoms with van der Waals surface area (Å²) in [5.41, 5.74) is 6.89. The number of aliphatic imine (C=N–C) groups is 1. The van der Waals surface area contributed by atoms with Gasteiger partial charge in [0.25, 0.3) is 0 Å². The molecule has 6 heteroatoms. The topological polar surface area (TPSA) is 61.9 Å². The average Bonchev–Trinajstić information content (AvgIpc) is 2.79. The van der Waals surface area contributed by atoms with E-state index in [4.69, 9.17) is 5.73 Å². The quantitative estimate of drug-likeness (QED) is 0.738. The Hall–Kier alpha value is -2.73. The number of hydrogen-bond acceptors (Lipinski definition) is 4. The molecule has 176 valence electrons. The van der Waals surface area contributed by atoms with E-state index < -0.39 is 11.0 Å². The molecule has 2 heterocycles. The lowest BCUT2D eigenvalue weighted by Gasteiger charge is -2.46. The second kappa shape index (κ2) is 8.90. The summed E-state index contributed by atoms with van der Waals surface area (Å²) in [5, 5.41) is 0. The summed E-state index contributed by atoms with van der Waals surface area (Å²) in [7, 11) is 1.61. The number of hydrogen-bond donors (Lipinski definition) is 1. The minimum Gasteiger partial charge on any atom is -0.369 e. The number of carbonyl (C=O) groups is 1. The van der Waals surface area contributed by atoms with Crippen LogP contribution in [-0.2, 0) is 23.3 Å². The number of piperidine rings is 1. The monoisotopic (exact) mass is 450 g/mol. The van der Waals surface area contributed by atoms with Crippen LogP contribution >= 0.6 is 0 Å². The van der Waals surface area contributed by atoms with Crippen LogP contribution in [0.2, 0.25) is 0 Å². The number of amides is 1. The molecule has 0 aromatic heterocycles. The minimum atomic E-state index is -1.08. The van der Waals surface area contributed by atoms with Gasteiger partial charge in [0.1, 0.15) is 11.4 Å². The first-order valence-electron chi connectivity index (χ1n) is 11.8. The van der Waals surface area contributed by atoms with Crippen LogP contribution in [0.1, 0.15) is 50.3 Å². The Bertz CT molecular complexity index is 1050. The van der Waals surface area contributed by atoms with E-state index in [0.29, 0.717) is 11.5 Å². The largest absolute Gasteiger partial charge is 0.369 e. The lowest BCUT2D eigenvalue weighted by atomic mass is 9.67. The SMILES string of the molecule is CN1C(=O)C(C)(C)[C@@](C)(c2cc(CC3CCCN(Cc4ccccc4)C3)ccc2F)N=C1N. The lowest BCUT2D eigenvalue weighted by Crippen LogP contribution is -2.58. The molecule has 0 bridgehead atoms. The summed E-state index contributed by atoms with van der Waals surface area (Å²) in [6, 6.07) is 15.9. The molecule has 1 unspecified atom stereocenters. The number of halogens is 1. The molecule has 2 aliphatic heterocycles. The van der Waals surface area contributed by atoms with Crippen LogP contribution in [0, 0.1) is 17.2 Å². The molecule has 2 aromatic carbocycles. The van der Waals surface area contributed by atoms with Gasteiger partial charge < -0.3 is 5.73 Å². The number of nitrogens with two attached hydrogens (primary N) is 1. The third kappa shape index (κ3) is 4.41. The maximum atomic E-state index is 15.1. The van der Waals surface area contributed by atoms with Crippen molar-refractivity contribution in [3.8, 4) is 0 Å². The van der Waals surface area contributed by atoms with Crippen molar-refractivity contribution < 1.29 is 9.18 Å². The van der Waals surface area contributed by atoms with E-state index in [1.54, 1.807) is 7.05 Å². The Kier molecular flexibility index (Phi) is 6.32. The molecule has 0 saturated carbocycles. The zero-order chi connectivity index (χ0) is 23.8. The second-order valence-corrected chi connectivity index (χ2v) is 10.3. The van der Waals surface area contributed by atoms with Gasteiger partial charge in [-0.2, -0.15) is 0 Å². The zero-order valence-electron chi connectivity index (χ0n) is 20.1. The number of carbonyl (C=O) groups excluding carboxylic acids is 1. The van der Waals surface area contributed by atoms with Crippen molar-refractivity contribution in [1.82, 2.24) is 9.80 Å². The first-order chi connectivity index (χ1) is 15.6. The number of benzene rings is 2. The van der Waals surface area contributed by atoms with Crippen LogP contribution in [0.25, 0.3) is 0 Å².